The summed E-state index contributed by atoms with van der Waals surface area (Å²) in [5.74, 6) is -1.00. The summed E-state index contributed by atoms with van der Waals surface area (Å²) < 4.78 is 16.7. The number of allylic oxidation sites excluding steroid dienone is 14. The average molecular weight is 905 g/mol. The van der Waals surface area contributed by atoms with Gasteiger partial charge in [0.25, 0.3) is 0 Å². The van der Waals surface area contributed by atoms with Crippen LogP contribution in [0.15, 0.2) is 85.1 Å². The molecule has 0 bridgehead atoms. The minimum atomic E-state index is -0.813. The second kappa shape index (κ2) is 53.2. The molecule has 0 aliphatic heterocycles. The second-order valence-corrected chi connectivity index (χ2v) is 17.8. The first-order chi connectivity index (χ1) is 32.0. The van der Waals surface area contributed by atoms with Crippen molar-refractivity contribution in [3.8, 4) is 0 Å². The summed E-state index contributed by atoms with van der Waals surface area (Å²) in [5, 5.41) is 0. The van der Waals surface area contributed by atoms with Gasteiger partial charge in [-0.3, -0.25) is 14.4 Å². The van der Waals surface area contributed by atoms with Crippen LogP contribution in [0.25, 0.3) is 0 Å². The lowest BCUT2D eigenvalue weighted by atomic mass is 10.1. The Kier molecular flexibility index (Phi) is 50.4. The molecule has 0 saturated heterocycles. The topological polar surface area (TPSA) is 78.9 Å². The van der Waals surface area contributed by atoms with Crippen LogP contribution >= 0.6 is 0 Å². The minimum absolute atomic E-state index is 0.107. The van der Waals surface area contributed by atoms with E-state index >= 15 is 0 Å². The third-order valence-electron chi connectivity index (χ3n) is 11.4. The van der Waals surface area contributed by atoms with Crippen molar-refractivity contribution in [3.63, 3.8) is 0 Å². The Bertz CT molecular complexity index is 1270. The lowest BCUT2D eigenvalue weighted by Gasteiger charge is -2.18. The highest BCUT2D eigenvalue weighted by atomic mass is 16.6. The van der Waals surface area contributed by atoms with E-state index in [9.17, 15) is 14.4 Å². The van der Waals surface area contributed by atoms with Crippen molar-refractivity contribution >= 4 is 17.9 Å². The maximum Gasteiger partial charge on any atom is 0.306 e. The molecule has 0 N–H and O–H groups in total. The van der Waals surface area contributed by atoms with E-state index in [0.717, 1.165) is 103 Å². The van der Waals surface area contributed by atoms with Gasteiger partial charge in [0, 0.05) is 19.3 Å². The smallest absolute Gasteiger partial charge is 0.306 e. The SMILES string of the molecule is CC/C=C\C/C=C\C/C=C\CCCCCCCCC(=O)OC(COC(=O)CC/C=C\C/C=C\CCCCCCCC)COC(=O)CCCCCCC/C=C\C=C/CCCCCCCCC. The Balaban J connectivity index is 4.48. The van der Waals surface area contributed by atoms with Gasteiger partial charge >= 0.3 is 17.9 Å². The van der Waals surface area contributed by atoms with Crippen molar-refractivity contribution in [2.45, 2.75) is 258 Å². The second-order valence-electron chi connectivity index (χ2n) is 17.8. The van der Waals surface area contributed by atoms with E-state index in [4.69, 9.17) is 14.2 Å². The summed E-state index contributed by atoms with van der Waals surface area (Å²) in [7, 11) is 0. The third-order valence-corrected chi connectivity index (χ3v) is 11.4. The molecule has 1 atom stereocenters. The molecule has 65 heavy (non-hydrogen) atoms. The van der Waals surface area contributed by atoms with Crippen LogP contribution in [-0.2, 0) is 28.6 Å². The van der Waals surface area contributed by atoms with E-state index < -0.39 is 6.10 Å². The Morgan fingerprint density at radius 3 is 1.12 bits per heavy atom. The zero-order valence-electron chi connectivity index (χ0n) is 42.5. The van der Waals surface area contributed by atoms with Crippen LogP contribution in [0.5, 0.6) is 0 Å². The molecular formula is C59H100O6. The quantitative estimate of drug-likeness (QED) is 0.0199. The van der Waals surface area contributed by atoms with Crippen LogP contribution in [0.2, 0.25) is 0 Å². The number of unbranched alkanes of at least 4 members (excludes halogenated alkanes) is 24. The highest BCUT2D eigenvalue weighted by Crippen LogP contribution is 2.13. The Morgan fingerprint density at radius 2 is 0.677 bits per heavy atom. The fourth-order valence-corrected chi connectivity index (χ4v) is 7.32. The maximum atomic E-state index is 12.8. The summed E-state index contributed by atoms with van der Waals surface area (Å²) in [4.78, 5) is 38.0. The maximum absolute atomic E-state index is 12.8. The van der Waals surface area contributed by atoms with Crippen molar-refractivity contribution in [1.82, 2.24) is 0 Å². The monoisotopic (exact) mass is 905 g/mol. The van der Waals surface area contributed by atoms with E-state index in [1.54, 1.807) is 0 Å². The summed E-state index contributed by atoms with van der Waals surface area (Å²) in [5.41, 5.74) is 0. The van der Waals surface area contributed by atoms with Crippen molar-refractivity contribution in [2.75, 3.05) is 13.2 Å². The zero-order valence-corrected chi connectivity index (χ0v) is 42.5. The highest BCUT2D eigenvalue weighted by Gasteiger charge is 2.19. The molecule has 372 valence electrons. The van der Waals surface area contributed by atoms with Gasteiger partial charge in [-0.2, -0.15) is 0 Å². The molecule has 0 aromatic carbocycles. The van der Waals surface area contributed by atoms with Crippen molar-refractivity contribution in [1.29, 1.82) is 0 Å². The van der Waals surface area contributed by atoms with Crippen LogP contribution in [0, 0.1) is 0 Å². The molecule has 0 aliphatic rings. The highest BCUT2D eigenvalue weighted by molar-refractivity contribution is 5.71. The van der Waals surface area contributed by atoms with Gasteiger partial charge in [-0.1, -0.05) is 221 Å². The number of rotatable bonds is 48. The van der Waals surface area contributed by atoms with Gasteiger partial charge in [0.2, 0.25) is 0 Å². The fourth-order valence-electron chi connectivity index (χ4n) is 7.32. The van der Waals surface area contributed by atoms with E-state index in [2.05, 4.69) is 99.8 Å². The molecule has 0 aliphatic carbocycles. The molecule has 0 fully saturated rings. The molecule has 0 amide bonds. The molecule has 0 saturated carbocycles. The number of carbonyl (C=O) groups is 3. The van der Waals surface area contributed by atoms with Gasteiger partial charge in [0.1, 0.15) is 13.2 Å². The largest absolute Gasteiger partial charge is 0.462 e. The molecule has 0 aromatic rings. The molecule has 1 unspecified atom stereocenters. The standard InChI is InChI=1S/C59H100O6/c1-4-7-10-13-16-19-22-25-27-29-30-32-34-37-40-43-46-49-52-58(61)64-55-56(54-63-57(60)51-48-45-42-39-36-33-24-21-18-15-12-9-6-3)65-59(62)53-50-47-44-41-38-35-31-28-26-23-20-17-14-11-8-5-2/h8,11,17,20,26-30,32-33,36,42,45,56H,4-7,9-10,12-16,18-19,21-25,31,34-35,37-41,43-44,46-55H2,1-3H3/b11-8-,20-17-,28-26-,29-27-,32-30-,36-33-,45-42-. The Hall–Kier alpha value is -3.41. The number of hydrogen-bond donors (Lipinski definition) is 0. The average Bonchev–Trinajstić information content (AvgIpc) is 3.30. The number of ether oxygens (including phenoxy) is 3. The molecule has 6 nitrogen and oxygen atoms in total. The summed E-state index contributed by atoms with van der Waals surface area (Å²) in [6, 6.07) is 0. The predicted molar refractivity (Wildman–Crippen MR) is 279 cm³/mol. The van der Waals surface area contributed by atoms with E-state index in [1.807, 2.05) is 6.08 Å². The number of carbonyl (C=O) groups excluding carboxylic acids is 3. The first-order valence-corrected chi connectivity index (χ1v) is 27.1. The van der Waals surface area contributed by atoms with Crippen LogP contribution < -0.4 is 0 Å². The van der Waals surface area contributed by atoms with Gasteiger partial charge in [-0.15, -0.1) is 0 Å². The molecule has 0 heterocycles. The van der Waals surface area contributed by atoms with Crippen LogP contribution in [0.1, 0.15) is 252 Å². The van der Waals surface area contributed by atoms with Crippen molar-refractivity contribution in [2.24, 2.45) is 0 Å². The van der Waals surface area contributed by atoms with Gasteiger partial charge < -0.3 is 14.2 Å². The molecule has 0 rings (SSSR count). The molecular weight excluding hydrogens is 805 g/mol. The molecule has 0 aromatic heterocycles. The lowest BCUT2D eigenvalue weighted by Crippen LogP contribution is -2.30. The lowest BCUT2D eigenvalue weighted by molar-refractivity contribution is -0.166. The zero-order chi connectivity index (χ0) is 47.2. The van der Waals surface area contributed by atoms with E-state index in [-0.39, 0.29) is 37.5 Å². The summed E-state index contributed by atoms with van der Waals surface area (Å²) in [6.07, 6.45) is 68.7. The van der Waals surface area contributed by atoms with Crippen LogP contribution in [0.4, 0.5) is 0 Å². The van der Waals surface area contributed by atoms with E-state index in [1.165, 1.54) is 103 Å². The van der Waals surface area contributed by atoms with Gasteiger partial charge in [0.05, 0.1) is 0 Å². The van der Waals surface area contributed by atoms with Crippen molar-refractivity contribution in [3.05, 3.63) is 85.1 Å². The first-order valence-electron chi connectivity index (χ1n) is 27.1. The Morgan fingerprint density at radius 1 is 0.338 bits per heavy atom. The van der Waals surface area contributed by atoms with Gasteiger partial charge in [-0.05, 0) is 96.3 Å². The number of esters is 3. The third kappa shape index (κ3) is 51.4. The molecule has 0 radical (unpaired) electrons. The van der Waals surface area contributed by atoms with Crippen molar-refractivity contribution < 1.29 is 28.6 Å². The first kappa shape index (κ1) is 61.6. The number of hydrogen-bond acceptors (Lipinski definition) is 6. The van der Waals surface area contributed by atoms with Crippen LogP contribution in [0.3, 0.4) is 0 Å². The summed E-state index contributed by atoms with van der Waals surface area (Å²) in [6.45, 7) is 6.44. The Labute approximate surface area is 401 Å². The van der Waals surface area contributed by atoms with Crippen LogP contribution in [-0.4, -0.2) is 37.2 Å². The van der Waals surface area contributed by atoms with Gasteiger partial charge in [-0.25, -0.2) is 0 Å². The molecule has 0 spiro atoms. The van der Waals surface area contributed by atoms with E-state index in [0.29, 0.717) is 19.3 Å². The fraction of sp³-hybridized carbons (Fsp3) is 0.712. The summed E-state index contributed by atoms with van der Waals surface area (Å²) >= 11 is 0. The normalized spacial score (nSPS) is 12.7. The van der Waals surface area contributed by atoms with Gasteiger partial charge in [0.15, 0.2) is 6.10 Å². The molecule has 6 heteroatoms. The minimum Gasteiger partial charge on any atom is -0.462 e. The predicted octanol–water partition coefficient (Wildman–Crippen LogP) is 18.0.